The van der Waals surface area contributed by atoms with Crippen molar-refractivity contribution in [2.75, 3.05) is 18.4 Å². The standard InChI is InChI=1S/C20H24N2O4/c23-18(14-8-2-3-9-15(14)20(25)26)21-17-11-5-4-10-16(17)19(24)22-12-6-1-7-13-22/h2-5,10-11,14-15H,1,6-9,12-13H2,(H,21,23)(H,25,26)/t14-,15+/m0/s1. The lowest BCUT2D eigenvalue weighted by atomic mass is 9.82. The van der Waals surface area contributed by atoms with Crippen molar-refractivity contribution in [3.05, 3.63) is 42.0 Å². The number of allylic oxidation sites excluding steroid dienone is 2. The summed E-state index contributed by atoms with van der Waals surface area (Å²) >= 11 is 0. The zero-order chi connectivity index (χ0) is 18.5. The van der Waals surface area contributed by atoms with Crippen LogP contribution < -0.4 is 5.32 Å². The van der Waals surface area contributed by atoms with E-state index in [2.05, 4.69) is 5.32 Å². The van der Waals surface area contributed by atoms with Crippen LogP contribution in [0.15, 0.2) is 36.4 Å². The molecular formula is C20H24N2O4. The summed E-state index contributed by atoms with van der Waals surface area (Å²) in [5.41, 5.74) is 0.910. The van der Waals surface area contributed by atoms with Crippen molar-refractivity contribution in [3.8, 4) is 0 Å². The molecule has 2 amide bonds. The highest BCUT2D eigenvalue weighted by atomic mass is 16.4. The number of carboxylic acids is 1. The molecule has 0 radical (unpaired) electrons. The van der Waals surface area contributed by atoms with Gasteiger partial charge in [-0.15, -0.1) is 0 Å². The minimum atomic E-state index is -0.966. The fourth-order valence-corrected chi connectivity index (χ4v) is 3.65. The summed E-state index contributed by atoms with van der Waals surface area (Å²) in [6, 6.07) is 6.94. The minimum absolute atomic E-state index is 0.0843. The molecule has 6 nitrogen and oxygen atoms in total. The Bertz CT molecular complexity index is 722. The molecule has 1 aromatic carbocycles. The first-order valence-electron chi connectivity index (χ1n) is 9.15. The van der Waals surface area contributed by atoms with Gasteiger partial charge in [-0.3, -0.25) is 14.4 Å². The Morgan fingerprint density at radius 3 is 2.31 bits per heavy atom. The number of anilines is 1. The predicted molar refractivity (Wildman–Crippen MR) is 97.8 cm³/mol. The van der Waals surface area contributed by atoms with Gasteiger partial charge in [0.2, 0.25) is 5.91 Å². The molecule has 0 spiro atoms. The summed E-state index contributed by atoms with van der Waals surface area (Å²) in [6.45, 7) is 1.46. The molecule has 26 heavy (non-hydrogen) atoms. The molecule has 1 heterocycles. The van der Waals surface area contributed by atoms with E-state index in [0.717, 1.165) is 32.4 Å². The van der Waals surface area contributed by atoms with Crippen molar-refractivity contribution in [1.29, 1.82) is 0 Å². The summed E-state index contributed by atoms with van der Waals surface area (Å²) in [5.74, 6) is -2.76. The van der Waals surface area contributed by atoms with Crippen LogP contribution in [0.5, 0.6) is 0 Å². The Morgan fingerprint density at radius 1 is 0.962 bits per heavy atom. The van der Waals surface area contributed by atoms with Crippen molar-refractivity contribution in [2.24, 2.45) is 11.8 Å². The van der Waals surface area contributed by atoms with Crippen molar-refractivity contribution in [2.45, 2.75) is 32.1 Å². The van der Waals surface area contributed by atoms with Crippen LogP contribution in [0, 0.1) is 11.8 Å². The van der Waals surface area contributed by atoms with Crippen LogP contribution in [-0.2, 0) is 9.59 Å². The molecule has 2 aliphatic rings. The second-order valence-electron chi connectivity index (χ2n) is 6.88. The second-order valence-corrected chi connectivity index (χ2v) is 6.88. The second kappa shape index (κ2) is 8.17. The first-order valence-corrected chi connectivity index (χ1v) is 9.15. The quantitative estimate of drug-likeness (QED) is 0.812. The fraction of sp³-hybridized carbons (Fsp3) is 0.450. The van der Waals surface area contributed by atoms with Crippen LogP contribution in [0.1, 0.15) is 42.5 Å². The van der Waals surface area contributed by atoms with Crippen LogP contribution >= 0.6 is 0 Å². The number of hydrogen-bond acceptors (Lipinski definition) is 3. The third-order valence-corrected chi connectivity index (χ3v) is 5.14. The molecule has 1 aromatic rings. The number of likely N-dealkylation sites (tertiary alicyclic amines) is 1. The normalized spacial score (nSPS) is 22.7. The number of carbonyl (C=O) groups excluding carboxylic acids is 2. The number of aliphatic carboxylic acids is 1. The molecule has 1 saturated heterocycles. The SMILES string of the molecule is O=C(Nc1ccccc1C(=O)N1CCCCC1)[C@H]1CC=CC[C@H]1C(=O)O. The van der Waals surface area contributed by atoms with Gasteiger partial charge in [-0.2, -0.15) is 0 Å². The lowest BCUT2D eigenvalue weighted by Crippen LogP contribution is -2.37. The Kier molecular flexibility index (Phi) is 5.71. The third-order valence-electron chi connectivity index (χ3n) is 5.14. The van der Waals surface area contributed by atoms with E-state index in [4.69, 9.17) is 0 Å². The molecule has 1 aliphatic heterocycles. The fourth-order valence-electron chi connectivity index (χ4n) is 3.65. The summed E-state index contributed by atoms with van der Waals surface area (Å²) in [6.07, 6.45) is 7.51. The van der Waals surface area contributed by atoms with Crippen LogP contribution in [0.3, 0.4) is 0 Å². The van der Waals surface area contributed by atoms with E-state index in [1.165, 1.54) is 0 Å². The topological polar surface area (TPSA) is 86.7 Å². The summed E-state index contributed by atoms with van der Waals surface area (Å²) in [5, 5.41) is 12.2. The maximum absolute atomic E-state index is 12.8. The predicted octanol–water partition coefficient (Wildman–Crippen LogP) is 2.92. The maximum Gasteiger partial charge on any atom is 0.307 e. The van der Waals surface area contributed by atoms with Gasteiger partial charge in [0.05, 0.1) is 23.1 Å². The van der Waals surface area contributed by atoms with Gasteiger partial charge in [0.1, 0.15) is 0 Å². The first-order chi connectivity index (χ1) is 12.6. The summed E-state index contributed by atoms with van der Waals surface area (Å²) in [4.78, 5) is 38.8. The molecule has 0 saturated carbocycles. The van der Waals surface area contributed by atoms with Crippen LogP contribution in [0.4, 0.5) is 5.69 Å². The number of benzene rings is 1. The average Bonchev–Trinajstić information content (AvgIpc) is 2.68. The Hall–Kier alpha value is -2.63. The molecule has 3 rings (SSSR count). The molecule has 0 unspecified atom stereocenters. The molecule has 0 bridgehead atoms. The Morgan fingerprint density at radius 2 is 1.62 bits per heavy atom. The summed E-state index contributed by atoms with van der Waals surface area (Å²) < 4.78 is 0. The Balaban J connectivity index is 1.77. The highest BCUT2D eigenvalue weighted by molar-refractivity contribution is 6.04. The maximum atomic E-state index is 12.8. The lowest BCUT2D eigenvalue weighted by molar-refractivity contribution is -0.146. The number of rotatable bonds is 4. The van der Waals surface area contributed by atoms with Crippen molar-refractivity contribution in [1.82, 2.24) is 4.90 Å². The van der Waals surface area contributed by atoms with Crippen molar-refractivity contribution < 1.29 is 19.5 Å². The van der Waals surface area contributed by atoms with Crippen molar-refractivity contribution >= 4 is 23.5 Å². The smallest absolute Gasteiger partial charge is 0.307 e. The molecule has 2 atom stereocenters. The third kappa shape index (κ3) is 3.95. The minimum Gasteiger partial charge on any atom is -0.481 e. The summed E-state index contributed by atoms with van der Waals surface area (Å²) in [7, 11) is 0. The van der Waals surface area contributed by atoms with E-state index in [1.807, 2.05) is 11.0 Å². The molecular weight excluding hydrogens is 332 g/mol. The number of para-hydroxylation sites is 1. The van der Waals surface area contributed by atoms with Crippen LogP contribution in [0.25, 0.3) is 0 Å². The van der Waals surface area contributed by atoms with E-state index in [0.29, 0.717) is 24.1 Å². The zero-order valence-electron chi connectivity index (χ0n) is 14.7. The average molecular weight is 356 g/mol. The van der Waals surface area contributed by atoms with E-state index in [9.17, 15) is 19.5 Å². The first kappa shape index (κ1) is 18.2. The van der Waals surface area contributed by atoms with Crippen LogP contribution in [0.2, 0.25) is 0 Å². The molecule has 2 N–H and O–H groups in total. The van der Waals surface area contributed by atoms with E-state index >= 15 is 0 Å². The number of nitrogens with one attached hydrogen (secondary N) is 1. The van der Waals surface area contributed by atoms with Gasteiger partial charge in [-0.05, 0) is 44.2 Å². The van der Waals surface area contributed by atoms with Gasteiger partial charge in [0.25, 0.3) is 5.91 Å². The number of carbonyl (C=O) groups is 3. The number of hydrogen-bond donors (Lipinski definition) is 2. The molecule has 0 aromatic heterocycles. The van der Waals surface area contributed by atoms with E-state index in [1.54, 1.807) is 30.3 Å². The number of nitrogens with zero attached hydrogens (tertiary/aromatic N) is 1. The van der Waals surface area contributed by atoms with E-state index < -0.39 is 17.8 Å². The van der Waals surface area contributed by atoms with Gasteiger partial charge in [0, 0.05) is 13.1 Å². The number of amides is 2. The zero-order valence-corrected chi connectivity index (χ0v) is 14.7. The van der Waals surface area contributed by atoms with E-state index in [-0.39, 0.29) is 11.8 Å². The van der Waals surface area contributed by atoms with Gasteiger partial charge < -0.3 is 15.3 Å². The largest absolute Gasteiger partial charge is 0.481 e. The molecule has 6 heteroatoms. The van der Waals surface area contributed by atoms with Crippen LogP contribution in [-0.4, -0.2) is 40.9 Å². The van der Waals surface area contributed by atoms with Crippen molar-refractivity contribution in [3.63, 3.8) is 0 Å². The number of carboxylic acid groups (broad SMARTS) is 1. The highest BCUT2D eigenvalue weighted by Crippen LogP contribution is 2.28. The van der Waals surface area contributed by atoms with Gasteiger partial charge in [-0.1, -0.05) is 24.3 Å². The molecule has 1 fully saturated rings. The monoisotopic (exact) mass is 356 g/mol. The molecule has 138 valence electrons. The van der Waals surface area contributed by atoms with Gasteiger partial charge >= 0.3 is 5.97 Å². The molecule has 1 aliphatic carbocycles. The number of piperidine rings is 1. The van der Waals surface area contributed by atoms with Gasteiger partial charge in [0.15, 0.2) is 0 Å². The van der Waals surface area contributed by atoms with Gasteiger partial charge in [-0.25, -0.2) is 0 Å². The lowest BCUT2D eigenvalue weighted by Gasteiger charge is -2.28. The highest BCUT2D eigenvalue weighted by Gasteiger charge is 2.34. The Labute approximate surface area is 152 Å².